The Hall–Kier alpha value is -4.76. The number of primary amides is 1. The molecule has 0 aliphatic heterocycles. The average molecular weight is 723 g/mol. The Labute approximate surface area is 301 Å². The van der Waals surface area contributed by atoms with Crippen LogP contribution in [-0.2, 0) is 35.1 Å². The van der Waals surface area contributed by atoms with Gasteiger partial charge in [-0.05, 0) is 93.6 Å². The normalized spacial score (nSPS) is 12.7. The third kappa shape index (κ3) is 21.1. The van der Waals surface area contributed by atoms with Crippen LogP contribution in [0.3, 0.4) is 0 Å². The van der Waals surface area contributed by atoms with Crippen molar-refractivity contribution in [2.24, 2.45) is 5.73 Å². The second-order valence-electron chi connectivity index (χ2n) is 14.8. The molecule has 288 valence electrons. The number of ether oxygens (including phenoxy) is 4. The van der Waals surface area contributed by atoms with Gasteiger partial charge in [0.05, 0.1) is 0 Å². The van der Waals surface area contributed by atoms with Crippen LogP contribution in [0, 0.1) is 0 Å². The minimum Gasteiger partial charge on any atom is -0.445 e. The summed E-state index contributed by atoms with van der Waals surface area (Å²) in [5, 5.41) is 10.5. The number of amides is 6. The molecule has 0 heterocycles. The minimum atomic E-state index is -1.13. The van der Waals surface area contributed by atoms with Crippen LogP contribution in [0.25, 0.3) is 0 Å². The van der Waals surface area contributed by atoms with Crippen LogP contribution < -0.4 is 27.0 Å². The SMILES string of the molecule is CC(C)(C)OC(=O)NCCC[C@@H](NC(=O)OCc1ccccc1)C(=O)NCCC[C@@H](C(N)=O)N(CCNC(=O)OC(C)(C)C)C(=O)OC(C)(C)C. The van der Waals surface area contributed by atoms with Gasteiger partial charge in [-0.2, -0.15) is 0 Å². The Bertz CT molecular complexity index is 1290. The van der Waals surface area contributed by atoms with Crippen molar-refractivity contribution in [1.82, 2.24) is 26.2 Å². The average Bonchev–Trinajstić information content (AvgIpc) is 2.97. The number of nitrogens with zero attached hydrogens (tertiary/aromatic N) is 1. The van der Waals surface area contributed by atoms with Gasteiger partial charge in [0.1, 0.15) is 35.5 Å². The molecule has 0 spiro atoms. The maximum absolute atomic E-state index is 13.2. The largest absolute Gasteiger partial charge is 0.445 e. The molecule has 0 fully saturated rings. The predicted octanol–water partition coefficient (Wildman–Crippen LogP) is 4.10. The molecule has 2 atom stereocenters. The lowest BCUT2D eigenvalue weighted by Crippen LogP contribution is -2.52. The predicted molar refractivity (Wildman–Crippen MR) is 189 cm³/mol. The summed E-state index contributed by atoms with van der Waals surface area (Å²) in [7, 11) is 0. The van der Waals surface area contributed by atoms with E-state index in [1.165, 1.54) is 0 Å². The van der Waals surface area contributed by atoms with Gasteiger partial charge in [0.25, 0.3) is 0 Å². The second-order valence-corrected chi connectivity index (χ2v) is 14.8. The number of rotatable bonds is 17. The van der Waals surface area contributed by atoms with Gasteiger partial charge in [-0.3, -0.25) is 14.5 Å². The number of nitrogens with one attached hydrogen (secondary N) is 4. The first kappa shape index (κ1) is 44.3. The molecule has 0 aliphatic carbocycles. The van der Waals surface area contributed by atoms with Crippen molar-refractivity contribution < 1.29 is 47.7 Å². The maximum Gasteiger partial charge on any atom is 0.411 e. The van der Waals surface area contributed by atoms with E-state index in [1.54, 1.807) is 86.6 Å². The molecule has 1 aromatic rings. The fraction of sp³-hybridized carbons (Fsp3) is 0.657. The van der Waals surface area contributed by atoms with Crippen LogP contribution in [0.1, 0.15) is 93.6 Å². The van der Waals surface area contributed by atoms with Crippen molar-refractivity contribution in [3.63, 3.8) is 0 Å². The summed E-state index contributed by atoms with van der Waals surface area (Å²) in [5.41, 5.74) is 4.18. The topological polar surface area (TPSA) is 217 Å². The molecule has 0 radical (unpaired) electrons. The van der Waals surface area contributed by atoms with E-state index in [9.17, 15) is 28.8 Å². The maximum atomic E-state index is 13.2. The van der Waals surface area contributed by atoms with Crippen LogP contribution in [0.2, 0.25) is 0 Å². The summed E-state index contributed by atoms with van der Waals surface area (Å²) in [6, 6.07) is 6.89. The van der Waals surface area contributed by atoms with Gasteiger partial charge in [0.15, 0.2) is 0 Å². The highest BCUT2D eigenvalue weighted by molar-refractivity contribution is 5.86. The number of benzene rings is 1. The zero-order valence-corrected chi connectivity index (χ0v) is 31.5. The molecule has 0 unspecified atom stereocenters. The summed E-state index contributed by atoms with van der Waals surface area (Å²) >= 11 is 0. The number of hydrogen-bond acceptors (Lipinski definition) is 10. The zero-order valence-electron chi connectivity index (χ0n) is 31.5. The van der Waals surface area contributed by atoms with E-state index in [0.29, 0.717) is 6.42 Å². The van der Waals surface area contributed by atoms with E-state index < -0.39 is 65.1 Å². The van der Waals surface area contributed by atoms with E-state index in [-0.39, 0.29) is 52.0 Å². The monoisotopic (exact) mass is 722 g/mol. The molecule has 16 heteroatoms. The highest BCUT2D eigenvalue weighted by Gasteiger charge is 2.32. The first-order valence-corrected chi connectivity index (χ1v) is 17.0. The standard InChI is InChI=1S/C35H58N6O10/c1-33(2,3)49-29(44)38-20-13-17-25(40-31(46)48-23-24-15-11-10-12-16-24)28(43)37-19-14-18-26(27(36)42)41(32(47)51-35(7,8)9)22-21-39-30(45)50-34(4,5)6/h10-12,15-16,25-26H,13-14,17-23H2,1-9H3,(H2,36,42)(H,37,43)(H,38,44)(H,39,45)(H,40,46)/t25-,26+/m1/s1. The highest BCUT2D eigenvalue weighted by Crippen LogP contribution is 2.15. The van der Waals surface area contributed by atoms with Crippen LogP contribution in [-0.4, -0.2) is 96.2 Å². The molecule has 0 aliphatic rings. The summed E-state index contributed by atoms with van der Waals surface area (Å²) in [4.78, 5) is 76.8. The minimum absolute atomic E-state index is 0.00282. The lowest BCUT2D eigenvalue weighted by Gasteiger charge is -2.32. The van der Waals surface area contributed by atoms with Gasteiger partial charge < -0.3 is 45.9 Å². The summed E-state index contributed by atoms with van der Waals surface area (Å²) in [5.74, 6) is -1.33. The van der Waals surface area contributed by atoms with Gasteiger partial charge in [-0.1, -0.05) is 30.3 Å². The second kappa shape index (κ2) is 20.8. The summed E-state index contributed by atoms with van der Waals surface area (Å²) < 4.78 is 21.2. The molecule has 6 N–H and O–H groups in total. The van der Waals surface area contributed by atoms with E-state index in [2.05, 4.69) is 21.3 Å². The molecular weight excluding hydrogens is 664 g/mol. The quantitative estimate of drug-likeness (QED) is 0.115. The molecule has 6 amide bonds. The summed E-state index contributed by atoms with van der Waals surface area (Å²) in [6.07, 6.45) is -2.17. The molecule has 51 heavy (non-hydrogen) atoms. The lowest BCUT2D eigenvalue weighted by atomic mass is 10.1. The van der Waals surface area contributed by atoms with Crippen LogP contribution in [0.15, 0.2) is 30.3 Å². The van der Waals surface area contributed by atoms with Gasteiger partial charge in [0.2, 0.25) is 11.8 Å². The Kier molecular flexibility index (Phi) is 18.1. The van der Waals surface area contributed by atoms with E-state index >= 15 is 0 Å². The third-order valence-electron chi connectivity index (χ3n) is 6.47. The molecule has 0 bridgehead atoms. The van der Waals surface area contributed by atoms with Crippen molar-refractivity contribution in [2.75, 3.05) is 26.2 Å². The van der Waals surface area contributed by atoms with Crippen LogP contribution in [0.5, 0.6) is 0 Å². The number of hydrogen-bond donors (Lipinski definition) is 5. The molecular formula is C35H58N6O10. The number of carbonyl (C=O) groups excluding carboxylic acids is 6. The first-order valence-electron chi connectivity index (χ1n) is 17.0. The number of carbonyl (C=O) groups is 6. The Balaban J connectivity index is 2.89. The first-order chi connectivity index (χ1) is 23.6. The van der Waals surface area contributed by atoms with E-state index in [1.807, 2.05) is 6.07 Å². The van der Waals surface area contributed by atoms with Crippen molar-refractivity contribution in [1.29, 1.82) is 0 Å². The number of alkyl carbamates (subject to hydrolysis) is 3. The highest BCUT2D eigenvalue weighted by atomic mass is 16.6. The number of nitrogens with two attached hydrogens (primary N) is 1. The molecule has 0 aromatic heterocycles. The Morgan fingerprint density at radius 1 is 0.686 bits per heavy atom. The molecule has 0 saturated carbocycles. The van der Waals surface area contributed by atoms with Gasteiger partial charge in [-0.15, -0.1) is 0 Å². The summed E-state index contributed by atoms with van der Waals surface area (Å²) in [6.45, 7) is 15.4. The molecule has 1 aromatic carbocycles. The molecule has 16 nitrogen and oxygen atoms in total. The zero-order chi connectivity index (χ0) is 38.8. The Morgan fingerprint density at radius 3 is 1.73 bits per heavy atom. The van der Waals surface area contributed by atoms with Crippen molar-refractivity contribution in [2.45, 2.75) is 123 Å². The van der Waals surface area contributed by atoms with Gasteiger partial charge >= 0.3 is 24.4 Å². The van der Waals surface area contributed by atoms with E-state index in [0.717, 1.165) is 10.5 Å². The molecule has 0 saturated heterocycles. The van der Waals surface area contributed by atoms with Crippen molar-refractivity contribution >= 4 is 36.2 Å². The molecule has 1 rings (SSSR count). The van der Waals surface area contributed by atoms with E-state index in [4.69, 9.17) is 24.7 Å². The van der Waals surface area contributed by atoms with Crippen LogP contribution in [0.4, 0.5) is 19.2 Å². The third-order valence-corrected chi connectivity index (χ3v) is 6.47. The van der Waals surface area contributed by atoms with Crippen molar-refractivity contribution in [3.05, 3.63) is 35.9 Å². The fourth-order valence-corrected chi connectivity index (χ4v) is 4.36. The van der Waals surface area contributed by atoms with Gasteiger partial charge in [-0.25, -0.2) is 19.2 Å². The van der Waals surface area contributed by atoms with Crippen LogP contribution >= 0.6 is 0 Å². The Morgan fingerprint density at radius 2 is 1.20 bits per heavy atom. The van der Waals surface area contributed by atoms with Gasteiger partial charge in [0, 0.05) is 26.2 Å². The van der Waals surface area contributed by atoms with Crippen molar-refractivity contribution in [3.8, 4) is 0 Å². The smallest absolute Gasteiger partial charge is 0.411 e. The lowest BCUT2D eigenvalue weighted by molar-refractivity contribution is -0.123. The fourth-order valence-electron chi connectivity index (χ4n) is 4.36.